The minimum Gasteiger partial charge on any atom is -0.457 e. The van der Waals surface area contributed by atoms with Crippen molar-refractivity contribution in [2.45, 2.75) is 38.8 Å². The van der Waals surface area contributed by atoms with Crippen molar-refractivity contribution in [3.05, 3.63) is 54.6 Å². The predicted molar refractivity (Wildman–Crippen MR) is 108 cm³/mol. The maximum absolute atomic E-state index is 12.5. The van der Waals surface area contributed by atoms with Gasteiger partial charge in [0.1, 0.15) is 17.5 Å². The number of carbonyl (C=O) groups is 2. The monoisotopic (exact) mass is 382 g/mol. The van der Waals surface area contributed by atoms with Crippen LogP contribution in [0.2, 0.25) is 0 Å². The molecule has 6 heteroatoms. The Morgan fingerprint density at radius 2 is 1.79 bits per heavy atom. The summed E-state index contributed by atoms with van der Waals surface area (Å²) in [4.78, 5) is 26.5. The Morgan fingerprint density at radius 1 is 1.11 bits per heavy atom. The third-order valence-electron chi connectivity index (χ3n) is 4.46. The lowest BCUT2D eigenvalue weighted by Crippen LogP contribution is -2.45. The molecule has 3 rings (SSSR count). The van der Waals surface area contributed by atoms with Crippen LogP contribution in [0.5, 0.6) is 11.5 Å². The lowest BCUT2D eigenvalue weighted by Gasteiger charge is -2.24. The Kier molecular flexibility index (Phi) is 6.66. The van der Waals surface area contributed by atoms with E-state index < -0.39 is 6.04 Å². The minimum absolute atomic E-state index is 0.0460. The van der Waals surface area contributed by atoms with Crippen molar-refractivity contribution in [3.63, 3.8) is 0 Å². The van der Waals surface area contributed by atoms with E-state index in [0.717, 1.165) is 5.75 Å². The van der Waals surface area contributed by atoms with E-state index in [9.17, 15) is 9.59 Å². The Labute approximate surface area is 165 Å². The van der Waals surface area contributed by atoms with E-state index in [0.29, 0.717) is 37.4 Å². The number of anilines is 1. The van der Waals surface area contributed by atoms with Crippen LogP contribution in [-0.4, -0.2) is 37.1 Å². The van der Waals surface area contributed by atoms with Crippen molar-refractivity contribution >= 4 is 17.5 Å². The first-order chi connectivity index (χ1) is 13.5. The van der Waals surface area contributed by atoms with Crippen molar-refractivity contribution in [1.29, 1.82) is 0 Å². The number of para-hydroxylation sites is 1. The fourth-order valence-corrected chi connectivity index (χ4v) is 3.14. The summed E-state index contributed by atoms with van der Waals surface area (Å²) in [6, 6.07) is 16.2. The number of nitrogens with one attached hydrogen (secondary N) is 1. The molecule has 2 aromatic rings. The zero-order valence-corrected chi connectivity index (χ0v) is 16.3. The smallest absolute Gasteiger partial charge is 0.243 e. The van der Waals surface area contributed by atoms with Gasteiger partial charge in [0.15, 0.2) is 0 Å². The number of ether oxygens (including phenoxy) is 2. The molecule has 1 aliphatic rings. The molecule has 0 spiro atoms. The summed E-state index contributed by atoms with van der Waals surface area (Å²) in [6.07, 6.45) is 0.999. The van der Waals surface area contributed by atoms with Crippen molar-refractivity contribution in [2.75, 3.05) is 18.1 Å². The van der Waals surface area contributed by atoms with Gasteiger partial charge < -0.3 is 14.8 Å². The highest BCUT2D eigenvalue weighted by atomic mass is 16.5. The lowest BCUT2D eigenvalue weighted by atomic mass is 10.2. The van der Waals surface area contributed by atoms with Gasteiger partial charge in [0, 0.05) is 18.7 Å². The third kappa shape index (κ3) is 5.10. The summed E-state index contributed by atoms with van der Waals surface area (Å²) in [5, 5.41) is 2.86. The molecular formula is C22H26N2O4. The highest BCUT2D eigenvalue weighted by molar-refractivity contribution is 6.03. The van der Waals surface area contributed by atoms with Crippen molar-refractivity contribution in [3.8, 4) is 11.5 Å². The molecule has 1 heterocycles. The summed E-state index contributed by atoms with van der Waals surface area (Å²) in [5.74, 6) is 1.22. The maximum Gasteiger partial charge on any atom is 0.243 e. The van der Waals surface area contributed by atoms with Gasteiger partial charge in [-0.3, -0.25) is 14.5 Å². The number of amides is 2. The molecule has 1 fully saturated rings. The Bertz CT molecular complexity index is 790. The molecule has 0 radical (unpaired) electrons. The van der Waals surface area contributed by atoms with Gasteiger partial charge in [0.05, 0.1) is 12.7 Å². The van der Waals surface area contributed by atoms with Gasteiger partial charge in [-0.15, -0.1) is 0 Å². The first-order valence-corrected chi connectivity index (χ1v) is 9.59. The molecule has 2 amide bonds. The van der Waals surface area contributed by atoms with E-state index in [1.165, 1.54) is 0 Å². The van der Waals surface area contributed by atoms with Gasteiger partial charge in [0.25, 0.3) is 0 Å². The second-order valence-electron chi connectivity index (χ2n) is 6.94. The first kappa shape index (κ1) is 19.9. The summed E-state index contributed by atoms with van der Waals surface area (Å²) in [7, 11) is 0. The fourth-order valence-electron chi connectivity index (χ4n) is 3.14. The molecule has 0 saturated carbocycles. The molecule has 1 aliphatic heterocycles. The summed E-state index contributed by atoms with van der Waals surface area (Å²) < 4.78 is 11.2. The molecule has 1 unspecified atom stereocenters. The molecule has 1 saturated heterocycles. The van der Waals surface area contributed by atoms with Gasteiger partial charge in [-0.25, -0.2) is 0 Å². The Morgan fingerprint density at radius 3 is 2.46 bits per heavy atom. The second kappa shape index (κ2) is 9.37. The van der Waals surface area contributed by atoms with E-state index in [-0.39, 0.29) is 17.9 Å². The average Bonchev–Trinajstić information content (AvgIpc) is 3.08. The van der Waals surface area contributed by atoms with E-state index >= 15 is 0 Å². The van der Waals surface area contributed by atoms with E-state index in [4.69, 9.17) is 9.47 Å². The van der Waals surface area contributed by atoms with Crippen LogP contribution in [0.3, 0.4) is 0 Å². The largest absolute Gasteiger partial charge is 0.457 e. The quantitative estimate of drug-likeness (QED) is 0.710. The van der Waals surface area contributed by atoms with Crippen LogP contribution in [0.25, 0.3) is 0 Å². The van der Waals surface area contributed by atoms with Gasteiger partial charge in [0.2, 0.25) is 11.8 Å². The molecule has 1 atom stereocenters. The lowest BCUT2D eigenvalue weighted by molar-refractivity contribution is -0.124. The van der Waals surface area contributed by atoms with Crippen LogP contribution < -0.4 is 15.0 Å². The van der Waals surface area contributed by atoms with Gasteiger partial charge in [-0.1, -0.05) is 18.2 Å². The highest BCUT2D eigenvalue weighted by Crippen LogP contribution is 2.29. The topological polar surface area (TPSA) is 67.9 Å². The van der Waals surface area contributed by atoms with Crippen molar-refractivity contribution in [1.82, 2.24) is 5.32 Å². The molecule has 148 valence electrons. The van der Waals surface area contributed by atoms with E-state index in [2.05, 4.69) is 5.32 Å². The van der Waals surface area contributed by atoms with Crippen LogP contribution in [0.15, 0.2) is 54.6 Å². The first-order valence-electron chi connectivity index (χ1n) is 9.59. The molecule has 1 N–H and O–H groups in total. The molecule has 2 aromatic carbocycles. The number of rotatable bonds is 8. The maximum atomic E-state index is 12.5. The summed E-state index contributed by atoms with van der Waals surface area (Å²) in [6.45, 7) is 4.78. The van der Waals surface area contributed by atoms with Crippen LogP contribution >= 0.6 is 0 Å². The molecule has 0 aromatic heterocycles. The van der Waals surface area contributed by atoms with Gasteiger partial charge in [-0.05, 0) is 56.7 Å². The van der Waals surface area contributed by atoms with E-state index in [1.54, 1.807) is 17.0 Å². The molecule has 0 aliphatic carbocycles. The van der Waals surface area contributed by atoms with Crippen LogP contribution in [-0.2, 0) is 14.3 Å². The van der Waals surface area contributed by atoms with Crippen molar-refractivity contribution < 1.29 is 19.1 Å². The van der Waals surface area contributed by atoms with Crippen molar-refractivity contribution in [2.24, 2.45) is 0 Å². The number of hydrogen-bond donors (Lipinski definition) is 1. The zero-order valence-electron chi connectivity index (χ0n) is 16.3. The van der Waals surface area contributed by atoms with Crippen LogP contribution in [0.1, 0.15) is 26.7 Å². The standard InChI is InChI=1S/C22H26N2O4/c1-16(2)27-15-14-23-22(26)20-12-13-21(25)24(20)17-8-10-19(11-9-17)28-18-6-4-3-5-7-18/h3-11,16,20H,12-15H2,1-2H3,(H,23,26). The van der Waals surface area contributed by atoms with Crippen LogP contribution in [0, 0.1) is 0 Å². The Balaban J connectivity index is 1.63. The number of benzene rings is 2. The second-order valence-corrected chi connectivity index (χ2v) is 6.94. The van der Waals surface area contributed by atoms with Crippen LogP contribution in [0.4, 0.5) is 5.69 Å². The molecular weight excluding hydrogens is 356 g/mol. The minimum atomic E-state index is -0.493. The normalized spacial score (nSPS) is 16.5. The van der Waals surface area contributed by atoms with Gasteiger partial charge >= 0.3 is 0 Å². The third-order valence-corrected chi connectivity index (χ3v) is 4.46. The average molecular weight is 382 g/mol. The number of nitrogens with zero attached hydrogens (tertiary/aromatic N) is 1. The highest BCUT2D eigenvalue weighted by Gasteiger charge is 2.36. The number of carbonyl (C=O) groups excluding carboxylic acids is 2. The molecule has 6 nitrogen and oxygen atoms in total. The van der Waals surface area contributed by atoms with E-state index in [1.807, 2.05) is 56.3 Å². The predicted octanol–water partition coefficient (Wildman–Crippen LogP) is 3.52. The van der Waals surface area contributed by atoms with Gasteiger partial charge in [-0.2, -0.15) is 0 Å². The molecule has 28 heavy (non-hydrogen) atoms. The summed E-state index contributed by atoms with van der Waals surface area (Å²) >= 11 is 0. The fraction of sp³-hybridized carbons (Fsp3) is 0.364. The number of hydrogen-bond acceptors (Lipinski definition) is 4. The summed E-state index contributed by atoms with van der Waals surface area (Å²) in [5.41, 5.74) is 0.696. The SMILES string of the molecule is CC(C)OCCNC(=O)C1CCC(=O)N1c1ccc(Oc2ccccc2)cc1. The molecule has 0 bridgehead atoms. The Hall–Kier alpha value is -2.86. The zero-order chi connectivity index (χ0) is 19.9.